The Balaban J connectivity index is 0.000000125. The van der Waals surface area contributed by atoms with Crippen LogP contribution in [0, 0.1) is 62.6 Å². The van der Waals surface area contributed by atoms with E-state index in [0.29, 0.717) is 5.69 Å². The van der Waals surface area contributed by atoms with Crippen LogP contribution in [0.2, 0.25) is 0 Å². The summed E-state index contributed by atoms with van der Waals surface area (Å²) in [5, 5.41) is 16.6. The molecule has 0 amide bonds. The van der Waals surface area contributed by atoms with E-state index in [1.54, 1.807) is 12.3 Å². The predicted molar refractivity (Wildman–Crippen MR) is 520 cm³/mol. The molecular formula is C108H73ClFIKLi2MgN14NaZn. The molecule has 0 saturated carbocycles. The van der Waals surface area contributed by atoms with Gasteiger partial charge >= 0.3 is 176 Å². The van der Waals surface area contributed by atoms with Gasteiger partial charge in [0.2, 0.25) is 0 Å². The monoisotopic (exact) mass is 1910 g/mol. The van der Waals surface area contributed by atoms with Gasteiger partial charge in [0.1, 0.15) is 0 Å². The van der Waals surface area contributed by atoms with Crippen LogP contribution in [-0.2, 0) is 14.8 Å². The van der Waals surface area contributed by atoms with Gasteiger partial charge in [-0.25, -0.2) is 4.85 Å². The van der Waals surface area contributed by atoms with Crippen LogP contribution in [0.3, 0.4) is 0 Å². The van der Waals surface area contributed by atoms with Crippen LogP contribution in [0.15, 0.2) is 341 Å². The molecular weight excluding hydrogens is 1840 g/mol. The largest absolute Gasteiger partial charge is 0.340 e. The average molecular weight is 1910 g/mol. The normalized spacial score (nSPS) is 11.4. The van der Waals surface area contributed by atoms with Gasteiger partial charge in [-0.05, 0) is 93.4 Å². The van der Waals surface area contributed by atoms with E-state index in [1.165, 1.54) is 126 Å². The fourth-order valence-electron chi connectivity index (χ4n) is 17.9. The number of para-hydroxylation sites is 4. The summed E-state index contributed by atoms with van der Waals surface area (Å²) in [4.78, 5) is 32.7. The number of halogens is 3. The van der Waals surface area contributed by atoms with Crippen LogP contribution < -0.4 is 141 Å². The van der Waals surface area contributed by atoms with Crippen LogP contribution in [-0.4, -0.2) is 103 Å². The van der Waals surface area contributed by atoms with Crippen molar-refractivity contribution in [3.8, 4) is 33.4 Å². The summed E-state index contributed by atoms with van der Waals surface area (Å²) in [5.41, 5.74) is 25.7. The molecule has 0 unspecified atom stereocenters. The number of fused-ring (bicyclic) bond motifs is 36. The number of anilines is 2. The van der Waals surface area contributed by atoms with Crippen molar-refractivity contribution in [1.29, 1.82) is 0 Å². The smallest absolute Gasteiger partial charge is 0.0608 e. The van der Waals surface area contributed by atoms with E-state index < -0.39 is 0 Å². The molecule has 131 heavy (non-hydrogen) atoms. The van der Waals surface area contributed by atoms with Crippen LogP contribution in [0.4, 0.5) is 21.5 Å². The molecule has 23 heteroatoms. The Morgan fingerprint density at radius 2 is 0.885 bits per heavy atom. The van der Waals surface area contributed by atoms with E-state index in [1.807, 2.05) is 169 Å². The molecule has 0 bridgehead atoms. The topological polar surface area (TPSA) is 101 Å². The number of nitrogens with zero attached hydrogens (tertiary/aromatic N) is 14. The van der Waals surface area contributed by atoms with Gasteiger partial charge in [-0.15, -0.1) is 131 Å². The Kier molecular flexibility index (Phi) is 31.4. The van der Waals surface area contributed by atoms with Crippen molar-refractivity contribution in [3.63, 3.8) is 0 Å². The number of benzene rings is 14. The van der Waals surface area contributed by atoms with Crippen molar-refractivity contribution in [2.45, 2.75) is 13.8 Å². The minimum absolute atomic E-state index is 0. The van der Waals surface area contributed by atoms with Crippen LogP contribution in [0.25, 0.3) is 181 Å². The fraction of sp³-hybridized carbons (Fsp3) is 0.0556. The summed E-state index contributed by atoms with van der Waals surface area (Å²) in [7, 11) is 6.23. The zero-order valence-electron chi connectivity index (χ0n) is 73.8. The molecule has 2 aliphatic rings. The van der Waals surface area contributed by atoms with Crippen molar-refractivity contribution < 1.29 is 150 Å². The molecule has 0 N–H and O–H groups in total. The molecule has 0 radical (unpaired) electrons. The van der Waals surface area contributed by atoms with Crippen molar-refractivity contribution in [2.24, 2.45) is 0 Å². The van der Waals surface area contributed by atoms with E-state index in [9.17, 15) is 4.39 Å². The van der Waals surface area contributed by atoms with Crippen molar-refractivity contribution in [2.75, 3.05) is 37.6 Å². The maximum Gasteiger partial charge on any atom is 0.0608 e. The molecule has 604 valence electrons. The number of hydrogen-bond donors (Lipinski definition) is 0. The van der Waals surface area contributed by atoms with Gasteiger partial charge in [0.05, 0.1) is 47.2 Å². The standard InChI is InChI=1S/C22H12N3.C21H13N2.C17H14N3.C17H13N2.C16H13N2.C15H8FN2.ClH.HI.K.2Li.Mg.Na.Zn/c1-23-16-7-4-6-15(14-16)17-9-5-10-19-21(17)18-8-2-3-11-20(18)25-13-12-24-22(19)25;1-2-7-15(8-3-1)16-11-6-12-18-17-9-4-5-10-19(17)21-22-13-14-23(21)20(16)18;1-19(2)12-7-8-16-15(11-12)13-5-3-4-6-14(13)17-18-9-10-20(16)17;1-11-7-8-12(2)16-15(11)13-5-3-4-6-14(13)17-18-9-10-19(16)17;1-17-10-16-14-8-3-2-6-12(14)13-7-4-5-9-15(13)18(16)11-17;16-10-5-6-12-13(9-10)11-3-1-2-4-14(11)18-8-7-17-15(12)18;;;;;;;;/h2-9,11-14H;1-9,11-14H;3-5,7-11H,1-2H3;3-5,7-10H,1-2H3;2-8,10H,11H2,1H3;1-5,7-9H;2*1H;;;;;;/q6*-1;;;3*+1;+2;+1;+2/p-2. The number of aromatic nitrogens is 10. The molecule has 12 heterocycles. The summed E-state index contributed by atoms with van der Waals surface area (Å²) in [6.07, 6.45) is 21.3. The van der Waals surface area contributed by atoms with Gasteiger partial charge in [0.15, 0.2) is 5.69 Å². The van der Waals surface area contributed by atoms with Crippen molar-refractivity contribution in [3.05, 3.63) is 411 Å². The van der Waals surface area contributed by atoms with Gasteiger partial charge in [-0.2, -0.15) is 24.3 Å². The zero-order chi connectivity index (χ0) is 84.9. The molecule has 0 aliphatic carbocycles. The number of aryl methyl sites for hydroxylation is 2. The summed E-state index contributed by atoms with van der Waals surface area (Å²) in [6, 6.07) is 112. The summed E-state index contributed by atoms with van der Waals surface area (Å²) >= 11 is 3.62. The first-order chi connectivity index (χ1) is 61.5. The van der Waals surface area contributed by atoms with Crippen LogP contribution >= 0.6 is 19.8 Å². The Morgan fingerprint density at radius 3 is 1.53 bits per heavy atom. The quantitative estimate of drug-likeness (QED) is 0.0747. The molecule has 24 aromatic rings. The van der Waals surface area contributed by atoms with Crippen molar-refractivity contribution >= 4 is 202 Å². The molecule has 14 nitrogen and oxygen atoms in total. The molecule has 0 saturated heterocycles. The summed E-state index contributed by atoms with van der Waals surface area (Å²) in [6.45, 7) is 12.5. The Morgan fingerprint density at radius 1 is 0.412 bits per heavy atom. The third-order valence-corrected chi connectivity index (χ3v) is 23.4. The van der Waals surface area contributed by atoms with E-state index in [0.717, 1.165) is 106 Å². The first-order valence-electron chi connectivity index (χ1n) is 40.8. The molecule has 2 aliphatic heterocycles. The average Bonchev–Trinajstić information content (AvgIpc) is 1.72. The summed E-state index contributed by atoms with van der Waals surface area (Å²) in [5.74, 6) is -0.274. The number of rotatable bonds is 3. The van der Waals surface area contributed by atoms with Crippen LogP contribution in [0.1, 0.15) is 16.7 Å². The van der Waals surface area contributed by atoms with E-state index >= 15 is 0 Å². The predicted octanol–water partition coefficient (Wildman–Crippen LogP) is 10.6. The summed E-state index contributed by atoms with van der Waals surface area (Å²) < 4.78 is 24.0. The molecule has 26 rings (SSSR count). The third-order valence-electron chi connectivity index (χ3n) is 23.4. The van der Waals surface area contributed by atoms with Gasteiger partial charge in [0.25, 0.3) is 0 Å². The minimum Gasteiger partial charge on any atom is -0.340 e. The fourth-order valence-corrected chi connectivity index (χ4v) is 17.9. The van der Waals surface area contributed by atoms with E-state index in [2.05, 4.69) is 311 Å². The van der Waals surface area contributed by atoms with Gasteiger partial charge < -0.3 is 49.1 Å². The Labute approximate surface area is 889 Å². The van der Waals surface area contributed by atoms with Gasteiger partial charge in [-0.3, -0.25) is 29.3 Å². The third kappa shape index (κ3) is 18.1. The van der Waals surface area contributed by atoms with Gasteiger partial charge in [-0.1, -0.05) is 206 Å². The number of hydrogen-bond acceptors (Lipinski definition) is 8. The van der Waals surface area contributed by atoms with E-state index in [4.69, 9.17) is 6.57 Å². The minimum atomic E-state index is -0.274. The number of pyridine rings is 5. The maximum atomic E-state index is 13.4. The van der Waals surface area contributed by atoms with Crippen LogP contribution in [0.5, 0.6) is 0 Å². The Hall–Kier alpha value is -10.1. The SMILES string of the molecule is CN(C)c1ccc2c(c1)c1ccc[c-]c1c1nccn21.CN1C=C2c3ccccc3-c3ccc[c-]c3N2C1.Cc1ccc(C)c2c1c1ccc[c-]c1c1nccn12.Fc1c[c-]c2c(c1)c1ccccc1n1ccnc21.[C-]#[N+]c1cccc(-c2cc[c-]c3c2c2ccccc2n2ccnc32)c1.[Cl-].[K+].[Li+].[Li+].[Mg+2].[Na+].[Zn+][I].[c-]1cccc2c1c1nccn1c1c(-c3ccccc3)cccc21. The second kappa shape index (κ2) is 42.4. The molecule has 14 aromatic carbocycles. The van der Waals surface area contributed by atoms with Crippen molar-refractivity contribution in [1.82, 2.24) is 51.8 Å². The molecule has 0 atom stereocenters. The first kappa shape index (κ1) is 97.0. The second-order valence-corrected chi connectivity index (χ2v) is 30.8. The van der Waals surface area contributed by atoms with E-state index in [-0.39, 0.29) is 160 Å². The number of imidazole rings is 5. The first-order valence-corrected chi connectivity index (χ1v) is 49.9. The maximum absolute atomic E-state index is 13.4. The molecule has 0 spiro atoms. The van der Waals surface area contributed by atoms with Gasteiger partial charge in [0, 0.05) is 134 Å². The molecule has 10 aromatic heterocycles. The zero-order valence-corrected chi connectivity index (χ0v) is 86.3. The second-order valence-electron chi connectivity index (χ2n) is 30.8. The Bertz CT molecular complexity index is 8460. The molecule has 0 fully saturated rings.